The molecule has 240 valence electrons. The lowest BCUT2D eigenvalue weighted by molar-refractivity contribution is 0.605. The standard InChI is InChI=1S/C42H35N5S2/c1-41(2)24-48-39(45-41)29-13-18-35(43-22-29)27-11-15-32-26(20-27)10-17-34-33-16-12-28(21-37(33)47(38(32)34)31-8-6-5-7-9-31)36-19-14-30(23-44-36)40-46-42(3,4)25-49-40/h5-23H,24-25H2,1-4H3. The van der Waals surface area contributed by atoms with Crippen LogP contribution >= 0.6 is 23.5 Å². The van der Waals surface area contributed by atoms with E-state index in [9.17, 15) is 0 Å². The number of rotatable bonds is 5. The minimum Gasteiger partial charge on any atom is -0.309 e. The Kier molecular flexibility index (Phi) is 7.08. The van der Waals surface area contributed by atoms with Gasteiger partial charge in [-0.15, -0.1) is 23.5 Å². The normalized spacial score (nSPS) is 16.8. The predicted molar refractivity (Wildman–Crippen MR) is 211 cm³/mol. The molecule has 9 rings (SSSR count). The van der Waals surface area contributed by atoms with Crippen LogP contribution in [-0.2, 0) is 0 Å². The van der Waals surface area contributed by atoms with E-state index < -0.39 is 0 Å². The molecule has 0 amide bonds. The van der Waals surface area contributed by atoms with Gasteiger partial charge in [-0.1, -0.05) is 54.6 Å². The Labute approximate surface area is 294 Å². The van der Waals surface area contributed by atoms with E-state index in [0.29, 0.717) is 0 Å². The molecule has 2 aliphatic heterocycles. The molecule has 0 atom stereocenters. The van der Waals surface area contributed by atoms with Crippen LogP contribution in [0.4, 0.5) is 0 Å². The number of para-hydroxylation sites is 1. The number of thioether (sulfide) groups is 2. The fraction of sp³-hybridized carbons (Fsp3) is 0.190. The first-order chi connectivity index (χ1) is 23.7. The van der Waals surface area contributed by atoms with Crippen molar-refractivity contribution in [2.75, 3.05) is 11.5 Å². The summed E-state index contributed by atoms with van der Waals surface area (Å²) in [5.41, 5.74) is 9.73. The highest BCUT2D eigenvalue weighted by Gasteiger charge is 2.27. The summed E-state index contributed by atoms with van der Waals surface area (Å²) in [6.45, 7) is 8.72. The average molecular weight is 674 g/mol. The first-order valence-corrected chi connectivity index (χ1v) is 18.6. The van der Waals surface area contributed by atoms with E-state index in [2.05, 4.69) is 135 Å². The van der Waals surface area contributed by atoms with E-state index in [4.69, 9.17) is 20.0 Å². The molecule has 0 aliphatic carbocycles. The number of hydrogen-bond acceptors (Lipinski definition) is 6. The minimum atomic E-state index is -0.0232. The van der Waals surface area contributed by atoms with Gasteiger partial charge in [0.1, 0.15) is 0 Å². The van der Waals surface area contributed by atoms with E-state index in [1.807, 2.05) is 35.9 Å². The second-order valence-corrected chi connectivity index (χ2v) is 16.1. The Morgan fingerprint density at radius 3 is 1.65 bits per heavy atom. The smallest absolute Gasteiger partial charge is 0.1000 e. The number of nitrogens with zero attached hydrogens (tertiary/aromatic N) is 5. The first-order valence-electron chi connectivity index (χ1n) is 16.7. The molecule has 7 heteroatoms. The molecule has 0 spiro atoms. The minimum absolute atomic E-state index is 0.0174. The van der Waals surface area contributed by atoms with Crippen LogP contribution in [0.5, 0.6) is 0 Å². The highest BCUT2D eigenvalue weighted by atomic mass is 32.2. The fourth-order valence-electron chi connectivity index (χ4n) is 6.85. The molecule has 7 aromatic rings. The zero-order valence-corrected chi connectivity index (χ0v) is 29.6. The number of hydrogen-bond donors (Lipinski definition) is 0. The van der Waals surface area contributed by atoms with Crippen molar-refractivity contribution in [1.82, 2.24) is 14.5 Å². The van der Waals surface area contributed by atoms with Crippen molar-refractivity contribution in [1.29, 1.82) is 0 Å². The van der Waals surface area contributed by atoms with E-state index in [-0.39, 0.29) is 11.1 Å². The van der Waals surface area contributed by atoms with Crippen molar-refractivity contribution >= 4 is 66.2 Å². The summed E-state index contributed by atoms with van der Waals surface area (Å²) in [6.07, 6.45) is 3.93. The molecular weight excluding hydrogens is 639 g/mol. The average Bonchev–Trinajstić information content (AvgIpc) is 3.79. The number of fused-ring (bicyclic) bond motifs is 5. The van der Waals surface area contributed by atoms with Crippen molar-refractivity contribution in [2.24, 2.45) is 9.98 Å². The molecule has 0 unspecified atom stereocenters. The predicted octanol–water partition coefficient (Wildman–Crippen LogP) is 10.6. The SMILES string of the molecule is CC1(C)CSC(c2ccc(-c3ccc4c(ccc5c6ccc(-c7ccc(C8=NC(C)(C)CS8)cn7)cc6n(-c6ccccc6)c45)c3)nc2)=N1. The molecule has 5 nitrogen and oxygen atoms in total. The van der Waals surface area contributed by atoms with Gasteiger partial charge in [-0.05, 0) is 81.6 Å². The van der Waals surface area contributed by atoms with Crippen molar-refractivity contribution in [3.63, 3.8) is 0 Å². The van der Waals surface area contributed by atoms with Crippen molar-refractivity contribution in [2.45, 2.75) is 38.8 Å². The molecule has 2 aliphatic rings. The maximum atomic E-state index is 4.91. The number of benzene rings is 4. The van der Waals surface area contributed by atoms with Gasteiger partial charge in [0.25, 0.3) is 0 Å². The van der Waals surface area contributed by atoms with Gasteiger partial charge in [0.2, 0.25) is 0 Å². The van der Waals surface area contributed by atoms with Gasteiger partial charge in [0, 0.05) is 68.0 Å². The molecule has 49 heavy (non-hydrogen) atoms. The summed E-state index contributed by atoms with van der Waals surface area (Å²) >= 11 is 3.62. The molecule has 0 N–H and O–H groups in total. The fourth-order valence-corrected chi connectivity index (χ4v) is 9.15. The number of pyridine rings is 2. The Bertz CT molecular complexity index is 2470. The van der Waals surface area contributed by atoms with Crippen LogP contribution in [0.25, 0.3) is 60.8 Å². The Morgan fingerprint density at radius 2 is 1.10 bits per heavy atom. The molecule has 0 saturated carbocycles. The summed E-state index contributed by atoms with van der Waals surface area (Å²) < 4.78 is 2.41. The lowest BCUT2D eigenvalue weighted by Crippen LogP contribution is -2.15. The molecule has 0 radical (unpaired) electrons. The maximum Gasteiger partial charge on any atom is 0.1000 e. The maximum absolute atomic E-state index is 4.91. The van der Waals surface area contributed by atoms with Crippen LogP contribution < -0.4 is 0 Å². The largest absolute Gasteiger partial charge is 0.309 e. The van der Waals surface area contributed by atoms with Crippen LogP contribution in [-0.4, -0.2) is 47.2 Å². The zero-order valence-electron chi connectivity index (χ0n) is 27.9. The van der Waals surface area contributed by atoms with Gasteiger partial charge in [-0.3, -0.25) is 20.0 Å². The quantitative estimate of drug-likeness (QED) is 0.182. The van der Waals surface area contributed by atoms with Crippen molar-refractivity contribution in [3.8, 4) is 28.2 Å². The number of aromatic nitrogens is 3. The first kappa shape index (κ1) is 30.3. The molecule has 3 aromatic heterocycles. The van der Waals surface area contributed by atoms with Crippen molar-refractivity contribution in [3.05, 3.63) is 127 Å². The number of aliphatic imine (C=N–C) groups is 2. The third-order valence-corrected chi connectivity index (χ3v) is 12.2. The third kappa shape index (κ3) is 5.45. The van der Waals surface area contributed by atoms with E-state index in [1.165, 1.54) is 27.1 Å². The Hall–Kier alpha value is -4.72. The highest BCUT2D eigenvalue weighted by molar-refractivity contribution is 8.15. The summed E-state index contributed by atoms with van der Waals surface area (Å²) in [6, 6.07) is 37.2. The Morgan fingerprint density at radius 1 is 0.551 bits per heavy atom. The van der Waals surface area contributed by atoms with Crippen LogP contribution in [0.15, 0.2) is 126 Å². The van der Waals surface area contributed by atoms with E-state index >= 15 is 0 Å². The summed E-state index contributed by atoms with van der Waals surface area (Å²) in [4.78, 5) is 19.6. The monoisotopic (exact) mass is 673 g/mol. The van der Waals surface area contributed by atoms with E-state index in [0.717, 1.165) is 66.4 Å². The van der Waals surface area contributed by atoms with Gasteiger partial charge in [-0.25, -0.2) is 0 Å². The lowest BCUT2D eigenvalue weighted by Gasteiger charge is -2.11. The summed E-state index contributed by atoms with van der Waals surface area (Å²) in [5.74, 6) is 2.00. The van der Waals surface area contributed by atoms with Gasteiger partial charge in [0.05, 0.1) is 43.6 Å². The second-order valence-electron chi connectivity index (χ2n) is 14.2. The van der Waals surface area contributed by atoms with Gasteiger partial charge in [-0.2, -0.15) is 0 Å². The zero-order chi connectivity index (χ0) is 33.3. The Balaban J connectivity index is 1.14. The molecule has 5 heterocycles. The summed E-state index contributed by atoms with van der Waals surface area (Å²) in [5, 5.41) is 7.00. The molecule has 0 fully saturated rings. The van der Waals surface area contributed by atoms with Gasteiger partial charge >= 0.3 is 0 Å². The van der Waals surface area contributed by atoms with Crippen LogP contribution in [0.3, 0.4) is 0 Å². The van der Waals surface area contributed by atoms with Crippen LogP contribution in [0.1, 0.15) is 38.8 Å². The van der Waals surface area contributed by atoms with Crippen LogP contribution in [0.2, 0.25) is 0 Å². The van der Waals surface area contributed by atoms with E-state index in [1.54, 1.807) is 0 Å². The third-order valence-electron chi connectivity index (χ3n) is 9.30. The molecule has 4 aromatic carbocycles. The topological polar surface area (TPSA) is 55.4 Å². The second kappa shape index (κ2) is 11.4. The molecular formula is C42H35N5S2. The molecule has 0 bridgehead atoms. The van der Waals surface area contributed by atoms with Gasteiger partial charge in [0.15, 0.2) is 0 Å². The van der Waals surface area contributed by atoms with Gasteiger partial charge < -0.3 is 4.57 Å². The van der Waals surface area contributed by atoms with Crippen LogP contribution in [0, 0.1) is 0 Å². The highest BCUT2D eigenvalue weighted by Crippen LogP contribution is 2.39. The summed E-state index contributed by atoms with van der Waals surface area (Å²) in [7, 11) is 0. The van der Waals surface area contributed by atoms with Crippen molar-refractivity contribution < 1.29 is 0 Å². The molecule has 0 saturated heterocycles. The lowest BCUT2D eigenvalue weighted by atomic mass is 10.0.